The lowest BCUT2D eigenvalue weighted by atomic mass is 10.2. The molecule has 4 aromatic rings. The van der Waals surface area contributed by atoms with Crippen LogP contribution < -0.4 is 5.32 Å². The maximum atomic E-state index is 12.7. The standard InChI is InChI=1S/C22H21N5O3S3/c1-15-8-10-17(11-9-15)33(29,30)14-19-25-26-22(27(19)2)32-13-20(28)24-21-23-18(12-31-21)16-6-4-3-5-7-16/h3-12H,13-14H2,1-2H3,(H,23,24,28). The molecule has 0 saturated heterocycles. The first-order chi connectivity index (χ1) is 15.8. The highest BCUT2D eigenvalue weighted by molar-refractivity contribution is 7.99. The van der Waals surface area contributed by atoms with Crippen LogP contribution in [0.25, 0.3) is 11.3 Å². The van der Waals surface area contributed by atoms with E-state index in [-0.39, 0.29) is 22.3 Å². The first-order valence-electron chi connectivity index (χ1n) is 9.93. The van der Waals surface area contributed by atoms with Gasteiger partial charge in [0.1, 0.15) is 11.6 Å². The number of hydrogen-bond donors (Lipinski definition) is 1. The zero-order valence-corrected chi connectivity index (χ0v) is 20.4. The molecule has 0 radical (unpaired) electrons. The zero-order valence-electron chi connectivity index (χ0n) is 17.9. The maximum Gasteiger partial charge on any atom is 0.236 e. The molecule has 0 spiro atoms. The largest absolute Gasteiger partial charge is 0.308 e. The Bertz CT molecular complexity index is 1360. The second-order valence-corrected chi connectivity index (χ2v) is 11.1. The minimum absolute atomic E-state index is 0.0942. The second-order valence-electron chi connectivity index (χ2n) is 7.27. The van der Waals surface area contributed by atoms with Crippen molar-refractivity contribution in [3.63, 3.8) is 0 Å². The lowest BCUT2D eigenvalue weighted by Gasteiger charge is -2.06. The molecule has 0 fully saturated rings. The first kappa shape index (κ1) is 23.1. The number of amides is 1. The van der Waals surface area contributed by atoms with E-state index in [2.05, 4.69) is 20.5 Å². The van der Waals surface area contributed by atoms with E-state index < -0.39 is 9.84 Å². The summed E-state index contributed by atoms with van der Waals surface area (Å²) in [7, 11) is -1.86. The molecular weight excluding hydrogens is 478 g/mol. The van der Waals surface area contributed by atoms with Gasteiger partial charge in [0.05, 0.1) is 16.3 Å². The molecule has 8 nitrogen and oxygen atoms in total. The van der Waals surface area contributed by atoms with Gasteiger partial charge < -0.3 is 9.88 Å². The van der Waals surface area contributed by atoms with Crippen molar-refractivity contribution >= 4 is 44.0 Å². The van der Waals surface area contributed by atoms with Gasteiger partial charge in [-0.3, -0.25) is 4.79 Å². The molecule has 0 unspecified atom stereocenters. The number of nitrogens with one attached hydrogen (secondary N) is 1. The number of rotatable bonds is 8. The van der Waals surface area contributed by atoms with E-state index >= 15 is 0 Å². The Hall–Kier alpha value is -3.02. The number of thiazole rings is 1. The van der Waals surface area contributed by atoms with Gasteiger partial charge in [0, 0.05) is 18.0 Å². The first-order valence-corrected chi connectivity index (χ1v) is 13.4. The molecule has 2 aromatic carbocycles. The van der Waals surface area contributed by atoms with Crippen molar-refractivity contribution in [1.82, 2.24) is 19.7 Å². The van der Waals surface area contributed by atoms with Crippen molar-refractivity contribution in [2.45, 2.75) is 22.7 Å². The van der Waals surface area contributed by atoms with Crippen molar-refractivity contribution < 1.29 is 13.2 Å². The molecule has 1 N–H and O–H groups in total. The summed E-state index contributed by atoms with van der Waals surface area (Å²) in [5, 5.41) is 13.7. The van der Waals surface area contributed by atoms with Gasteiger partial charge in [-0.05, 0) is 19.1 Å². The highest BCUT2D eigenvalue weighted by Gasteiger charge is 2.20. The number of carbonyl (C=O) groups is 1. The Morgan fingerprint density at radius 2 is 1.82 bits per heavy atom. The third-order valence-corrected chi connectivity index (χ3v) is 8.18. The smallest absolute Gasteiger partial charge is 0.236 e. The maximum absolute atomic E-state index is 12.7. The zero-order chi connectivity index (χ0) is 23.4. The SMILES string of the molecule is Cc1ccc(S(=O)(=O)Cc2nnc(SCC(=O)Nc3nc(-c4ccccc4)cs3)n2C)cc1. The van der Waals surface area contributed by atoms with Gasteiger partial charge in [-0.15, -0.1) is 21.5 Å². The van der Waals surface area contributed by atoms with Gasteiger partial charge in [0.2, 0.25) is 5.91 Å². The van der Waals surface area contributed by atoms with Crippen LogP contribution >= 0.6 is 23.1 Å². The summed E-state index contributed by atoms with van der Waals surface area (Å²) in [5.41, 5.74) is 2.77. The number of benzene rings is 2. The van der Waals surface area contributed by atoms with Crippen LogP contribution in [-0.2, 0) is 27.4 Å². The molecule has 0 aliphatic carbocycles. The summed E-state index contributed by atoms with van der Waals surface area (Å²) >= 11 is 2.54. The average molecular weight is 500 g/mol. The molecule has 0 aliphatic heterocycles. The van der Waals surface area contributed by atoms with Gasteiger partial charge in [-0.2, -0.15) is 0 Å². The summed E-state index contributed by atoms with van der Waals surface area (Å²) in [4.78, 5) is 17.1. The molecule has 33 heavy (non-hydrogen) atoms. The van der Waals surface area contributed by atoms with Crippen molar-refractivity contribution in [2.75, 3.05) is 11.1 Å². The Balaban J connectivity index is 1.35. The fraction of sp³-hybridized carbons (Fsp3) is 0.182. The van der Waals surface area contributed by atoms with Crippen molar-refractivity contribution in [3.05, 3.63) is 71.4 Å². The molecule has 170 valence electrons. The number of hydrogen-bond acceptors (Lipinski definition) is 8. The second kappa shape index (κ2) is 9.86. The quantitative estimate of drug-likeness (QED) is 0.366. The number of sulfone groups is 1. The van der Waals surface area contributed by atoms with Gasteiger partial charge >= 0.3 is 0 Å². The Morgan fingerprint density at radius 3 is 2.55 bits per heavy atom. The average Bonchev–Trinajstić information content (AvgIpc) is 3.40. The Kier molecular flexibility index (Phi) is 6.91. The van der Waals surface area contributed by atoms with E-state index in [0.29, 0.717) is 16.1 Å². The highest BCUT2D eigenvalue weighted by Crippen LogP contribution is 2.25. The molecule has 1 amide bonds. The molecule has 0 atom stereocenters. The predicted molar refractivity (Wildman–Crippen MR) is 130 cm³/mol. The normalized spacial score (nSPS) is 11.5. The van der Waals surface area contributed by atoms with Gasteiger partial charge in [-0.25, -0.2) is 13.4 Å². The summed E-state index contributed by atoms with van der Waals surface area (Å²) in [6, 6.07) is 16.4. The summed E-state index contributed by atoms with van der Waals surface area (Å²) in [6.07, 6.45) is 0. The number of aryl methyl sites for hydroxylation is 1. The summed E-state index contributed by atoms with van der Waals surface area (Å²) in [6.45, 7) is 1.90. The van der Waals surface area contributed by atoms with Crippen molar-refractivity contribution in [3.8, 4) is 11.3 Å². The topological polar surface area (TPSA) is 107 Å². The molecule has 2 aromatic heterocycles. The molecule has 4 rings (SSSR count). The monoisotopic (exact) mass is 499 g/mol. The molecule has 0 saturated carbocycles. The van der Waals surface area contributed by atoms with Crippen LogP contribution in [-0.4, -0.2) is 39.8 Å². The van der Waals surface area contributed by atoms with E-state index in [1.54, 1.807) is 35.9 Å². The molecule has 0 aliphatic rings. The third-order valence-electron chi connectivity index (χ3n) is 4.78. The fourth-order valence-electron chi connectivity index (χ4n) is 2.95. The minimum atomic E-state index is -3.55. The van der Waals surface area contributed by atoms with E-state index in [4.69, 9.17) is 0 Å². The lowest BCUT2D eigenvalue weighted by Crippen LogP contribution is -2.14. The Labute approximate surface area is 200 Å². The molecule has 0 bridgehead atoms. The molecule has 11 heteroatoms. The number of nitrogens with zero attached hydrogens (tertiary/aromatic N) is 4. The number of aromatic nitrogens is 4. The van der Waals surface area contributed by atoms with E-state index in [0.717, 1.165) is 16.8 Å². The number of anilines is 1. The third kappa shape index (κ3) is 5.67. The van der Waals surface area contributed by atoms with E-state index in [1.165, 1.54) is 23.1 Å². The Morgan fingerprint density at radius 1 is 1.09 bits per heavy atom. The van der Waals surface area contributed by atoms with Crippen LogP contribution in [0.3, 0.4) is 0 Å². The number of thioether (sulfide) groups is 1. The van der Waals surface area contributed by atoms with Gasteiger partial charge in [-0.1, -0.05) is 59.8 Å². The predicted octanol–water partition coefficient (Wildman–Crippen LogP) is 3.95. The molecule has 2 heterocycles. The molecular formula is C22H21N5O3S3. The van der Waals surface area contributed by atoms with E-state index in [9.17, 15) is 13.2 Å². The van der Waals surface area contributed by atoms with Crippen LogP contribution in [0.2, 0.25) is 0 Å². The van der Waals surface area contributed by atoms with Crippen molar-refractivity contribution in [1.29, 1.82) is 0 Å². The lowest BCUT2D eigenvalue weighted by molar-refractivity contribution is -0.113. The summed E-state index contributed by atoms with van der Waals surface area (Å²) < 4.78 is 27.0. The highest BCUT2D eigenvalue weighted by atomic mass is 32.2. The van der Waals surface area contributed by atoms with Crippen LogP contribution in [0.15, 0.2) is 70.0 Å². The van der Waals surface area contributed by atoms with Crippen LogP contribution in [0.4, 0.5) is 5.13 Å². The van der Waals surface area contributed by atoms with Gasteiger partial charge in [0.15, 0.2) is 20.1 Å². The van der Waals surface area contributed by atoms with E-state index in [1.807, 2.05) is 42.6 Å². The van der Waals surface area contributed by atoms with Crippen LogP contribution in [0.1, 0.15) is 11.4 Å². The number of carbonyl (C=O) groups excluding carboxylic acids is 1. The fourth-order valence-corrected chi connectivity index (χ4v) is 5.73. The minimum Gasteiger partial charge on any atom is -0.308 e. The van der Waals surface area contributed by atoms with Crippen molar-refractivity contribution in [2.24, 2.45) is 7.05 Å². The van der Waals surface area contributed by atoms with Gasteiger partial charge in [0.25, 0.3) is 0 Å². The summed E-state index contributed by atoms with van der Waals surface area (Å²) in [5.74, 6) is -0.0957. The van der Waals surface area contributed by atoms with Crippen LogP contribution in [0, 0.1) is 6.92 Å². The van der Waals surface area contributed by atoms with Crippen LogP contribution in [0.5, 0.6) is 0 Å².